The molecule has 1 aromatic heterocycles. The van der Waals surface area contributed by atoms with Crippen molar-refractivity contribution in [2.75, 3.05) is 11.9 Å². The molecule has 4 rings (SSSR count). The molecule has 7 nitrogen and oxygen atoms in total. The number of aromatic nitrogens is 1. The van der Waals surface area contributed by atoms with Gasteiger partial charge >= 0.3 is 12.2 Å². The monoisotopic (exact) mass is 615 g/mol. The topological polar surface area (TPSA) is 81.6 Å². The smallest absolute Gasteiger partial charge is 0.407 e. The van der Waals surface area contributed by atoms with Crippen LogP contribution in [0, 0.1) is 18.7 Å². The van der Waals surface area contributed by atoms with Crippen LogP contribution in [0.15, 0.2) is 36.4 Å². The number of benzene rings is 2. The Bertz CT molecular complexity index is 1560. The van der Waals surface area contributed by atoms with E-state index in [1.54, 1.807) is 45.9 Å². The van der Waals surface area contributed by atoms with E-state index in [2.05, 4.69) is 31.4 Å². The highest BCUT2D eigenvalue weighted by Crippen LogP contribution is 2.50. The Labute approximate surface area is 257 Å². The van der Waals surface area contributed by atoms with Crippen LogP contribution in [-0.2, 0) is 26.9 Å². The van der Waals surface area contributed by atoms with Crippen LogP contribution in [0.4, 0.5) is 23.7 Å². The van der Waals surface area contributed by atoms with Gasteiger partial charge in [-0.2, -0.15) is 8.78 Å². The maximum absolute atomic E-state index is 15.5. The fourth-order valence-electron chi connectivity index (χ4n) is 5.17. The Morgan fingerprint density at radius 2 is 1.68 bits per heavy atom. The molecule has 1 fully saturated rings. The van der Waals surface area contributed by atoms with Gasteiger partial charge < -0.3 is 24.7 Å². The van der Waals surface area contributed by atoms with E-state index in [9.17, 15) is 18.4 Å². The summed E-state index contributed by atoms with van der Waals surface area (Å²) in [5.41, 5.74) is 1.04. The third kappa shape index (κ3) is 7.16. The lowest BCUT2D eigenvalue weighted by Gasteiger charge is -2.23. The number of fused-ring (bicyclic) bond motifs is 1. The molecule has 44 heavy (non-hydrogen) atoms. The van der Waals surface area contributed by atoms with E-state index in [1.807, 2.05) is 10.6 Å². The van der Waals surface area contributed by atoms with Gasteiger partial charge in [-0.05, 0) is 69.9 Å². The van der Waals surface area contributed by atoms with Crippen molar-refractivity contribution in [3.8, 4) is 5.75 Å². The molecule has 2 N–H and O–H groups in total. The molecule has 1 heterocycles. The second kappa shape index (κ2) is 11.7. The number of amides is 2. The Kier molecular flexibility index (Phi) is 8.81. The lowest BCUT2D eigenvalue weighted by atomic mass is 9.92. The molecule has 1 aliphatic carbocycles. The van der Waals surface area contributed by atoms with Crippen molar-refractivity contribution in [1.82, 2.24) is 9.88 Å². The molecule has 0 spiro atoms. The van der Waals surface area contributed by atoms with Crippen molar-refractivity contribution in [1.29, 1.82) is 0 Å². The largest absolute Gasteiger partial charge is 0.444 e. The van der Waals surface area contributed by atoms with E-state index in [0.29, 0.717) is 36.0 Å². The normalized spacial score (nSPS) is 14.9. The first kappa shape index (κ1) is 33.2. The third-order valence-electron chi connectivity index (χ3n) is 7.84. The molecule has 2 aromatic carbocycles. The number of nitrogens with zero attached hydrogens (tertiary/aromatic N) is 1. The highest BCUT2D eigenvalue weighted by Gasteiger charge is 2.51. The van der Waals surface area contributed by atoms with Crippen LogP contribution in [0.1, 0.15) is 85.1 Å². The minimum Gasteiger partial charge on any atom is -0.444 e. The van der Waals surface area contributed by atoms with Crippen LogP contribution in [-0.4, -0.2) is 34.8 Å². The van der Waals surface area contributed by atoms with Crippen molar-refractivity contribution < 1.29 is 32.2 Å². The first-order chi connectivity index (χ1) is 20.2. The lowest BCUT2D eigenvalue weighted by Crippen LogP contribution is -2.34. The minimum atomic E-state index is -3.32. The zero-order valence-electron chi connectivity index (χ0n) is 27.1. The zero-order chi connectivity index (χ0) is 32.8. The number of carbonyl (C=O) groups is 2. The molecule has 0 radical (unpaired) electrons. The number of ether oxygens (including phenoxy) is 2. The van der Waals surface area contributed by atoms with E-state index in [-0.39, 0.29) is 29.3 Å². The molecule has 3 aromatic rings. The van der Waals surface area contributed by atoms with Crippen molar-refractivity contribution in [3.63, 3.8) is 0 Å². The summed E-state index contributed by atoms with van der Waals surface area (Å²) in [5.74, 6) is -1.88. The summed E-state index contributed by atoms with van der Waals surface area (Å²) in [7, 11) is 0. The van der Waals surface area contributed by atoms with Gasteiger partial charge in [0, 0.05) is 35.7 Å². The fourth-order valence-corrected chi connectivity index (χ4v) is 5.17. The van der Waals surface area contributed by atoms with Crippen molar-refractivity contribution in [2.45, 2.75) is 104 Å². The molecule has 240 valence electrons. The Balaban J connectivity index is 1.56. The van der Waals surface area contributed by atoms with Crippen LogP contribution >= 0.6 is 0 Å². The Morgan fingerprint density at radius 3 is 2.23 bits per heavy atom. The number of rotatable bonds is 9. The highest BCUT2D eigenvalue weighted by atomic mass is 19.3. The SMILES string of the molecule is Cc1cc(C2(C(=O)Nc3cc4cc(C(C)(C)C)n(CCNC(=O)OC(C)(C)C)c4cc3F)CC2)ccc1OC(F)(F)C(C)C. The average molecular weight is 616 g/mol. The van der Waals surface area contributed by atoms with Crippen molar-refractivity contribution in [2.24, 2.45) is 5.92 Å². The molecule has 0 saturated heterocycles. The molecule has 0 aliphatic heterocycles. The van der Waals surface area contributed by atoms with Gasteiger partial charge in [-0.25, -0.2) is 9.18 Å². The number of aryl methyl sites for hydroxylation is 1. The zero-order valence-corrected chi connectivity index (χ0v) is 27.1. The predicted molar refractivity (Wildman–Crippen MR) is 166 cm³/mol. The van der Waals surface area contributed by atoms with Gasteiger partial charge in [0.05, 0.1) is 22.5 Å². The van der Waals surface area contributed by atoms with Crippen molar-refractivity contribution >= 4 is 28.6 Å². The second-order valence-electron chi connectivity index (χ2n) is 14.1. The first-order valence-corrected chi connectivity index (χ1v) is 15.0. The molecule has 2 amide bonds. The number of carbonyl (C=O) groups excluding carboxylic acids is 2. The van der Waals surface area contributed by atoms with Gasteiger partial charge in [0.2, 0.25) is 5.91 Å². The van der Waals surface area contributed by atoms with Gasteiger partial charge in [0.25, 0.3) is 0 Å². The van der Waals surface area contributed by atoms with E-state index in [0.717, 1.165) is 11.1 Å². The van der Waals surface area contributed by atoms with E-state index in [4.69, 9.17) is 9.47 Å². The number of hydrogen-bond donors (Lipinski definition) is 2. The summed E-state index contributed by atoms with van der Waals surface area (Å²) in [5, 5.41) is 6.30. The minimum absolute atomic E-state index is 0.0561. The summed E-state index contributed by atoms with van der Waals surface area (Å²) in [6.07, 6.45) is -2.74. The van der Waals surface area contributed by atoms with E-state index >= 15 is 4.39 Å². The standard InChI is InChI=1S/C34H44F3N3O4/c1-20(2)34(36,37)43-27-11-10-23(16-21(27)3)33(12-13-33)29(41)39-25-17-22-18-28(31(4,5)6)40(26(22)19-24(25)35)15-14-38-30(42)44-32(7,8)9/h10-11,16-20H,12-15H2,1-9H3,(H,38,42)(H,39,41). The molecule has 0 atom stereocenters. The van der Waals surface area contributed by atoms with E-state index < -0.39 is 35.0 Å². The summed E-state index contributed by atoms with van der Waals surface area (Å²) in [4.78, 5) is 25.7. The molecular weight excluding hydrogens is 571 g/mol. The van der Waals surface area contributed by atoms with Crippen LogP contribution < -0.4 is 15.4 Å². The van der Waals surface area contributed by atoms with Gasteiger partial charge in [0.1, 0.15) is 17.2 Å². The summed E-state index contributed by atoms with van der Waals surface area (Å²) in [6.45, 7) is 16.6. The van der Waals surface area contributed by atoms with Gasteiger partial charge in [-0.1, -0.05) is 46.8 Å². The second-order valence-corrected chi connectivity index (χ2v) is 14.1. The Morgan fingerprint density at radius 1 is 1.02 bits per heavy atom. The molecular formula is C34H44F3N3O4. The number of alkyl carbamates (subject to hydrolysis) is 1. The molecule has 0 bridgehead atoms. The van der Waals surface area contributed by atoms with Crippen LogP contribution in [0.3, 0.4) is 0 Å². The van der Waals surface area contributed by atoms with Gasteiger partial charge in [-0.3, -0.25) is 4.79 Å². The number of halogens is 3. The first-order valence-electron chi connectivity index (χ1n) is 15.0. The quantitative estimate of drug-likeness (QED) is 0.254. The van der Waals surface area contributed by atoms with Gasteiger partial charge in [-0.15, -0.1) is 0 Å². The van der Waals surface area contributed by atoms with E-state index in [1.165, 1.54) is 26.0 Å². The fraction of sp³-hybridized carbons (Fsp3) is 0.529. The summed E-state index contributed by atoms with van der Waals surface area (Å²) in [6, 6.07) is 9.79. The van der Waals surface area contributed by atoms with Crippen LogP contribution in [0.2, 0.25) is 0 Å². The number of alkyl halides is 2. The van der Waals surface area contributed by atoms with Crippen LogP contribution in [0.5, 0.6) is 5.75 Å². The summed E-state index contributed by atoms with van der Waals surface area (Å²) >= 11 is 0. The maximum Gasteiger partial charge on any atom is 0.407 e. The molecule has 0 unspecified atom stereocenters. The molecule has 10 heteroatoms. The molecule has 1 saturated carbocycles. The number of anilines is 1. The lowest BCUT2D eigenvalue weighted by molar-refractivity contribution is -0.207. The highest BCUT2D eigenvalue weighted by molar-refractivity contribution is 6.02. The Hall–Kier alpha value is -3.69. The number of nitrogens with one attached hydrogen (secondary N) is 2. The maximum atomic E-state index is 15.5. The van der Waals surface area contributed by atoms with Gasteiger partial charge in [0.15, 0.2) is 0 Å². The van der Waals surface area contributed by atoms with Crippen molar-refractivity contribution in [3.05, 3.63) is 59.0 Å². The third-order valence-corrected chi connectivity index (χ3v) is 7.84. The molecule has 1 aliphatic rings. The number of hydrogen-bond acceptors (Lipinski definition) is 4. The predicted octanol–water partition coefficient (Wildman–Crippen LogP) is 8.21. The van der Waals surface area contributed by atoms with Crippen LogP contribution in [0.25, 0.3) is 10.9 Å². The summed E-state index contributed by atoms with van der Waals surface area (Å²) < 4.78 is 56.2. The average Bonchev–Trinajstić information content (AvgIpc) is 3.62.